The normalized spacial score (nSPS) is 20.9. The molecule has 4 saturated heterocycles. The Balaban J connectivity index is 0.000000182. The van der Waals surface area contributed by atoms with Gasteiger partial charge in [-0.05, 0) is 48.5 Å². The SMILES string of the molecule is COC(=O)C1=C(CN2CCN3C(=O)N(CC#CCO)C[C@@H]3C2)NC(c2nccs2)=N[C@H]1c1ccc(F)cc1Cl.COC(=O)C1=C(CN2CCN3C(=O)N(c4ccc(C#N)cc4)C[C@@H]3C2)NC(c2nccs2)=N[C@H]1c1ccc(F)cc1Cl. The molecule has 4 amide bonds. The topological polar surface area (TPSA) is 225 Å². The highest BCUT2D eigenvalue weighted by Crippen LogP contribution is 2.39. The number of hydrogen-bond acceptors (Lipinski definition) is 18. The molecule has 81 heavy (non-hydrogen) atoms. The van der Waals surface area contributed by atoms with Crippen molar-refractivity contribution in [2.45, 2.75) is 24.2 Å². The van der Waals surface area contributed by atoms with Gasteiger partial charge in [0.2, 0.25) is 0 Å². The Morgan fingerprint density at radius 1 is 0.716 bits per heavy atom. The van der Waals surface area contributed by atoms with Gasteiger partial charge < -0.3 is 39.9 Å². The van der Waals surface area contributed by atoms with E-state index >= 15 is 0 Å². The van der Waals surface area contributed by atoms with Crippen molar-refractivity contribution in [2.24, 2.45) is 9.98 Å². The van der Waals surface area contributed by atoms with Crippen molar-refractivity contribution in [3.05, 3.63) is 155 Å². The maximum atomic E-state index is 13.9. The number of piperazine rings is 2. The Hall–Kier alpha value is -7.81. The number of aliphatic imine (C=N–C) groups is 2. The van der Waals surface area contributed by atoms with Crippen molar-refractivity contribution in [1.82, 2.24) is 45.1 Å². The fourth-order valence-electron chi connectivity index (χ4n) is 10.6. The summed E-state index contributed by atoms with van der Waals surface area (Å²) in [6.45, 7) is 5.09. The number of hydrogen-bond donors (Lipinski definition) is 3. The lowest BCUT2D eigenvalue weighted by Crippen LogP contribution is -2.53. The van der Waals surface area contributed by atoms with Gasteiger partial charge >= 0.3 is 24.0 Å². The number of nitrogens with zero attached hydrogens (tertiary/aromatic N) is 11. The lowest BCUT2D eigenvalue weighted by atomic mass is 9.95. The fourth-order valence-corrected chi connectivity index (χ4v) is 12.3. The van der Waals surface area contributed by atoms with Crippen LogP contribution >= 0.6 is 45.9 Å². The number of amides is 4. The van der Waals surface area contributed by atoms with Crippen molar-refractivity contribution in [3.63, 3.8) is 0 Å². The van der Waals surface area contributed by atoms with Gasteiger partial charge in [-0.3, -0.25) is 24.7 Å². The van der Waals surface area contributed by atoms with E-state index in [1.807, 2.05) is 20.6 Å². The summed E-state index contributed by atoms with van der Waals surface area (Å²) < 4.78 is 38.1. The van der Waals surface area contributed by atoms with Crippen LogP contribution in [0.2, 0.25) is 10.0 Å². The predicted octanol–water partition coefficient (Wildman–Crippen LogP) is 5.82. The summed E-state index contributed by atoms with van der Waals surface area (Å²) in [6.07, 6.45) is 3.33. The van der Waals surface area contributed by atoms with E-state index in [1.54, 1.807) is 46.5 Å². The number of ether oxygens (including phenoxy) is 2. The van der Waals surface area contributed by atoms with Crippen molar-refractivity contribution >= 4 is 87.2 Å². The van der Waals surface area contributed by atoms with Crippen molar-refractivity contribution < 1.29 is 42.5 Å². The van der Waals surface area contributed by atoms with Crippen molar-refractivity contribution in [2.75, 3.05) is 97.7 Å². The van der Waals surface area contributed by atoms with Crippen LogP contribution in [0.3, 0.4) is 0 Å². The number of thiazole rings is 2. The first-order valence-electron chi connectivity index (χ1n) is 25.4. The molecule has 4 fully saturated rings. The van der Waals surface area contributed by atoms with Crippen LogP contribution < -0.4 is 15.5 Å². The first kappa shape index (κ1) is 56.5. The van der Waals surface area contributed by atoms with Crippen LogP contribution in [-0.2, 0) is 19.1 Å². The van der Waals surface area contributed by atoms with E-state index in [4.69, 9.17) is 53.0 Å². The molecule has 0 saturated carbocycles. The molecule has 8 heterocycles. The molecule has 2 aromatic heterocycles. The van der Waals surface area contributed by atoms with E-state index in [0.717, 1.165) is 5.69 Å². The molecule has 11 rings (SSSR count). The number of amidine groups is 2. The Kier molecular flexibility index (Phi) is 17.4. The second-order valence-electron chi connectivity index (χ2n) is 19.2. The van der Waals surface area contributed by atoms with Crippen LogP contribution in [0.4, 0.5) is 24.1 Å². The van der Waals surface area contributed by atoms with Crippen molar-refractivity contribution in [3.8, 4) is 17.9 Å². The molecule has 0 radical (unpaired) electrons. The molecule has 6 aliphatic heterocycles. The number of anilines is 1. The van der Waals surface area contributed by atoms with E-state index in [-0.39, 0.29) is 58.5 Å². The van der Waals surface area contributed by atoms with Gasteiger partial charge in [0, 0.05) is 127 Å². The molecule has 26 heteroatoms. The Morgan fingerprint density at radius 2 is 1.22 bits per heavy atom. The minimum Gasteiger partial charge on any atom is -0.466 e. The molecular weight excluding hydrogens is 1130 g/mol. The largest absolute Gasteiger partial charge is 0.466 e. The Labute approximate surface area is 482 Å². The summed E-state index contributed by atoms with van der Waals surface area (Å²) in [5, 5.41) is 29.8. The van der Waals surface area contributed by atoms with Crippen LogP contribution in [0.1, 0.15) is 38.8 Å². The van der Waals surface area contributed by atoms with Crippen LogP contribution in [0, 0.1) is 34.8 Å². The number of carbonyl (C=O) groups is 4. The second-order valence-corrected chi connectivity index (χ2v) is 21.8. The standard InChI is InChI=1S/C29H25ClFN7O3S.C26H26ClFN6O4S/c1-41-28(39)24-23(34-26(27-33-8-11-42-27)35-25(24)21-7-4-18(31)12-22(21)30)16-36-9-10-37-20(14-36)15-38(29(37)40)19-5-2-17(13-32)3-6-19;1-38-25(36)21-20(15-32-8-9-34-17(13-32)14-33(26(34)37)7-2-3-10-35)30-23(24-29-6-11-39-24)31-22(21)18-5-4-16(28)12-19(18)27/h2-8,11-12,20,25H,9-10,14-16H2,1H3,(H,34,35);4-6,11-12,17,22,35H,7-10,13-15H2,1H3,(H,30,31)/t20-,25-;17-,22-/m00/s1. The van der Waals surface area contributed by atoms with E-state index < -0.39 is 35.7 Å². The zero-order valence-corrected chi connectivity index (χ0v) is 46.7. The summed E-state index contributed by atoms with van der Waals surface area (Å²) >= 11 is 15.7. The average Bonchev–Trinajstić information content (AvgIpc) is 4.50. The molecule has 4 atom stereocenters. The maximum Gasteiger partial charge on any atom is 0.338 e. The molecule has 6 aliphatic rings. The molecule has 418 valence electrons. The third-order valence-corrected chi connectivity index (χ3v) is 16.6. The minimum atomic E-state index is -0.845. The number of benzene rings is 3. The number of nitrogens with one attached hydrogen (secondary N) is 2. The monoisotopic (exact) mass is 1180 g/mol. The number of halogens is 4. The molecule has 5 aromatic rings. The van der Waals surface area contributed by atoms with Gasteiger partial charge in [0.1, 0.15) is 30.3 Å². The van der Waals surface area contributed by atoms with Crippen LogP contribution in [0.5, 0.6) is 0 Å². The summed E-state index contributed by atoms with van der Waals surface area (Å²) in [4.78, 5) is 82.2. The highest BCUT2D eigenvalue weighted by atomic mass is 35.5. The number of carbonyl (C=O) groups excluding carboxylic acids is 4. The van der Waals surface area contributed by atoms with Crippen LogP contribution in [0.15, 0.2) is 116 Å². The number of fused-ring (bicyclic) bond motifs is 2. The molecule has 3 aromatic carbocycles. The van der Waals surface area contributed by atoms with Crippen molar-refractivity contribution in [1.29, 1.82) is 5.26 Å². The van der Waals surface area contributed by atoms with Gasteiger partial charge in [0.05, 0.1) is 55.6 Å². The summed E-state index contributed by atoms with van der Waals surface area (Å²) in [5.74, 6) is 4.19. The fraction of sp³-hybridized carbons (Fsp3) is 0.327. The van der Waals surface area contributed by atoms with Gasteiger partial charge in [-0.2, -0.15) is 5.26 Å². The number of nitriles is 1. The zero-order chi connectivity index (χ0) is 56.9. The molecule has 0 unspecified atom stereocenters. The number of methoxy groups -OCH3 is 2. The number of aromatic nitrogens is 2. The Morgan fingerprint density at radius 3 is 1.68 bits per heavy atom. The third kappa shape index (κ3) is 12.1. The number of aliphatic hydroxyl groups is 1. The molecular formula is C55H51Cl2F2N13O7S2. The van der Waals surface area contributed by atoms with E-state index in [9.17, 15) is 28.0 Å². The van der Waals surface area contributed by atoms with E-state index in [1.165, 1.54) is 73.3 Å². The lowest BCUT2D eigenvalue weighted by Gasteiger charge is -2.38. The minimum absolute atomic E-state index is 0.0395. The quantitative estimate of drug-likeness (QED) is 0.0989. The molecule has 20 nitrogen and oxygen atoms in total. The van der Waals surface area contributed by atoms with Gasteiger partial charge in [-0.1, -0.05) is 47.2 Å². The van der Waals surface area contributed by atoms with Gasteiger partial charge in [0.15, 0.2) is 21.7 Å². The van der Waals surface area contributed by atoms with E-state index in [2.05, 4.69) is 48.3 Å². The highest BCUT2D eigenvalue weighted by Gasteiger charge is 2.44. The predicted molar refractivity (Wildman–Crippen MR) is 300 cm³/mol. The molecule has 0 aliphatic carbocycles. The van der Waals surface area contributed by atoms with Gasteiger partial charge in [-0.15, -0.1) is 22.7 Å². The second kappa shape index (κ2) is 24.9. The molecule has 3 N–H and O–H groups in total. The van der Waals surface area contributed by atoms with Crippen LogP contribution in [0.25, 0.3) is 0 Å². The number of rotatable bonds is 12. The molecule has 0 spiro atoms. The smallest absolute Gasteiger partial charge is 0.338 e. The third-order valence-electron chi connectivity index (χ3n) is 14.3. The zero-order valence-electron chi connectivity index (χ0n) is 43.5. The average molecular weight is 1180 g/mol. The van der Waals surface area contributed by atoms with Gasteiger partial charge in [-0.25, -0.2) is 37.9 Å². The van der Waals surface area contributed by atoms with Crippen LogP contribution in [-0.4, -0.2) is 180 Å². The first-order valence-corrected chi connectivity index (χ1v) is 27.9. The summed E-state index contributed by atoms with van der Waals surface area (Å²) in [7, 11) is 2.60. The van der Waals surface area contributed by atoms with E-state index in [0.29, 0.717) is 115 Å². The lowest BCUT2D eigenvalue weighted by molar-refractivity contribution is -0.137. The number of aliphatic hydroxyl groups excluding tert-OH is 1. The summed E-state index contributed by atoms with van der Waals surface area (Å²) in [6, 6.07) is 15.1. The maximum absolute atomic E-state index is 13.9. The number of esters is 2. The highest BCUT2D eigenvalue weighted by molar-refractivity contribution is 7.12. The summed E-state index contributed by atoms with van der Waals surface area (Å²) in [5.41, 5.74) is 3.92. The molecule has 0 bridgehead atoms. The Bertz CT molecular complexity index is 3480. The first-order chi connectivity index (χ1) is 39.2. The number of urea groups is 2. The van der Waals surface area contributed by atoms with Gasteiger partial charge in [0.25, 0.3) is 0 Å².